The molecule has 2 aromatic heterocycles. The van der Waals surface area contributed by atoms with E-state index in [4.69, 9.17) is 0 Å². The molecule has 0 bridgehead atoms. The van der Waals surface area contributed by atoms with Crippen LogP contribution in [-0.2, 0) is 35.0 Å². The minimum Gasteiger partial charge on any atom is -0.352 e. The summed E-state index contributed by atoms with van der Waals surface area (Å²) in [5.74, 6) is -0.475. The number of hydrogen-bond donors (Lipinski definition) is 1. The Kier molecular flexibility index (Phi) is 5.42. The maximum Gasteiger partial charge on any atom is 0.246 e. The van der Waals surface area contributed by atoms with Gasteiger partial charge in [-0.1, -0.05) is 0 Å². The zero-order chi connectivity index (χ0) is 18.7. The second-order valence-corrected chi connectivity index (χ2v) is 8.41. The van der Waals surface area contributed by atoms with Gasteiger partial charge in [-0.15, -0.1) is 0 Å². The highest BCUT2D eigenvalue weighted by atomic mass is 32.2. The Hall–Kier alpha value is -2.20. The van der Waals surface area contributed by atoms with E-state index in [2.05, 4.69) is 15.5 Å². The van der Waals surface area contributed by atoms with E-state index in [-0.39, 0.29) is 23.3 Å². The number of piperidine rings is 1. The number of sulfonamides is 1. The number of nitrogens with one attached hydrogen (secondary N) is 1. The van der Waals surface area contributed by atoms with Crippen molar-refractivity contribution >= 4 is 15.9 Å². The number of nitrogens with zero attached hydrogens (tertiary/aromatic N) is 5. The fourth-order valence-corrected chi connectivity index (χ4v) is 4.57. The highest BCUT2D eigenvalue weighted by Gasteiger charge is 2.33. The molecule has 1 atom stereocenters. The Labute approximate surface area is 153 Å². The monoisotopic (exact) mass is 380 g/mol. The standard InChI is InChI=1S/C16H24N6O3S/c1-3-21-10-13(8-19-21)7-17-16(23)14-5-4-6-22(11-14)26(24,25)15-9-18-20(2)12-15/h8-10,12,14H,3-7,11H2,1-2H3,(H,17,23)/t14-/m0/s1. The molecule has 0 radical (unpaired) electrons. The number of rotatable bonds is 6. The summed E-state index contributed by atoms with van der Waals surface area (Å²) < 4.78 is 30.1. The molecule has 0 aromatic carbocycles. The van der Waals surface area contributed by atoms with E-state index in [1.54, 1.807) is 17.9 Å². The molecule has 9 nitrogen and oxygen atoms in total. The van der Waals surface area contributed by atoms with E-state index in [0.29, 0.717) is 25.9 Å². The normalized spacial score (nSPS) is 18.8. The molecule has 1 aliphatic heterocycles. The summed E-state index contributed by atoms with van der Waals surface area (Å²) in [5.41, 5.74) is 0.927. The first-order chi connectivity index (χ1) is 12.4. The number of aryl methyl sites for hydroxylation is 2. The van der Waals surface area contributed by atoms with Gasteiger partial charge < -0.3 is 5.32 Å². The number of amides is 1. The summed E-state index contributed by atoms with van der Waals surface area (Å²) in [7, 11) is -1.95. The molecular weight excluding hydrogens is 356 g/mol. The van der Waals surface area contributed by atoms with Crippen molar-refractivity contribution in [3.8, 4) is 0 Å². The lowest BCUT2D eigenvalue weighted by molar-refractivity contribution is -0.126. The van der Waals surface area contributed by atoms with Gasteiger partial charge in [0.2, 0.25) is 15.9 Å². The fraction of sp³-hybridized carbons (Fsp3) is 0.562. The van der Waals surface area contributed by atoms with Crippen LogP contribution in [0.15, 0.2) is 29.7 Å². The zero-order valence-corrected chi connectivity index (χ0v) is 15.8. The third-order valence-corrected chi connectivity index (χ3v) is 6.37. The Balaban J connectivity index is 1.61. The first kappa shape index (κ1) is 18.6. The Morgan fingerprint density at radius 1 is 1.31 bits per heavy atom. The summed E-state index contributed by atoms with van der Waals surface area (Å²) in [4.78, 5) is 12.6. The highest BCUT2D eigenvalue weighted by molar-refractivity contribution is 7.89. The molecule has 0 aliphatic carbocycles. The molecule has 0 spiro atoms. The smallest absolute Gasteiger partial charge is 0.246 e. The average Bonchev–Trinajstić information content (AvgIpc) is 3.28. The second-order valence-electron chi connectivity index (χ2n) is 6.47. The molecule has 3 heterocycles. The SMILES string of the molecule is CCn1cc(CNC(=O)[C@H]2CCCN(S(=O)(=O)c3cnn(C)c3)C2)cn1. The minimum atomic E-state index is -3.62. The number of carbonyl (C=O) groups is 1. The molecule has 26 heavy (non-hydrogen) atoms. The Morgan fingerprint density at radius 3 is 2.77 bits per heavy atom. The van der Waals surface area contributed by atoms with Crippen molar-refractivity contribution in [3.63, 3.8) is 0 Å². The first-order valence-corrected chi connectivity index (χ1v) is 10.1. The maximum absolute atomic E-state index is 12.7. The molecule has 3 rings (SSSR count). The van der Waals surface area contributed by atoms with Crippen molar-refractivity contribution in [2.45, 2.75) is 37.8 Å². The van der Waals surface area contributed by atoms with E-state index in [9.17, 15) is 13.2 Å². The lowest BCUT2D eigenvalue weighted by Crippen LogP contribution is -2.45. The van der Waals surface area contributed by atoms with Crippen molar-refractivity contribution in [3.05, 3.63) is 30.4 Å². The van der Waals surface area contributed by atoms with Gasteiger partial charge in [-0.3, -0.25) is 14.2 Å². The number of aromatic nitrogens is 4. The van der Waals surface area contributed by atoms with Gasteiger partial charge in [0.25, 0.3) is 0 Å². The van der Waals surface area contributed by atoms with E-state index in [0.717, 1.165) is 12.1 Å². The number of carbonyl (C=O) groups excluding carboxylic acids is 1. The molecular formula is C16H24N6O3S. The summed E-state index contributed by atoms with van der Waals surface area (Å²) in [6.45, 7) is 3.78. The minimum absolute atomic E-state index is 0.125. The van der Waals surface area contributed by atoms with Crippen LogP contribution in [0.3, 0.4) is 0 Å². The molecule has 2 aromatic rings. The van der Waals surface area contributed by atoms with Crippen molar-refractivity contribution in [1.82, 2.24) is 29.2 Å². The van der Waals surface area contributed by atoms with Gasteiger partial charge in [0.1, 0.15) is 4.90 Å². The maximum atomic E-state index is 12.7. The first-order valence-electron chi connectivity index (χ1n) is 8.68. The van der Waals surface area contributed by atoms with Crippen LogP contribution in [0.1, 0.15) is 25.3 Å². The molecule has 1 aliphatic rings. The third-order valence-electron chi connectivity index (χ3n) is 4.55. The van der Waals surface area contributed by atoms with E-state index < -0.39 is 10.0 Å². The lowest BCUT2D eigenvalue weighted by Gasteiger charge is -2.30. The summed E-state index contributed by atoms with van der Waals surface area (Å²) in [5, 5.41) is 11.0. The van der Waals surface area contributed by atoms with Crippen LogP contribution in [-0.4, -0.2) is 51.3 Å². The van der Waals surface area contributed by atoms with E-state index in [1.807, 2.05) is 13.1 Å². The van der Waals surface area contributed by atoms with Crippen molar-refractivity contribution in [1.29, 1.82) is 0 Å². The van der Waals surface area contributed by atoms with Gasteiger partial charge in [-0.2, -0.15) is 14.5 Å². The van der Waals surface area contributed by atoms with Crippen LogP contribution in [0.5, 0.6) is 0 Å². The molecule has 0 saturated carbocycles. The van der Waals surface area contributed by atoms with Crippen LogP contribution in [0.4, 0.5) is 0 Å². The Morgan fingerprint density at radius 2 is 2.12 bits per heavy atom. The molecule has 1 amide bonds. The zero-order valence-electron chi connectivity index (χ0n) is 15.0. The molecule has 10 heteroatoms. The fourth-order valence-electron chi connectivity index (χ4n) is 3.06. The average molecular weight is 380 g/mol. The predicted molar refractivity (Wildman–Crippen MR) is 94.4 cm³/mol. The van der Waals surface area contributed by atoms with Crippen LogP contribution < -0.4 is 5.32 Å². The summed E-state index contributed by atoms with van der Waals surface area (Å²) in [6, 6.07) is 0. The van der Waals surface area contributed by atoms with Gasteiger partial charge in [0, 0.05) is 51.2 Å². The van der Waals surface area contributed by atoms with Crippen molar-refractivity contribution < 1.29 is 13.2 Å². The van der Waals surface area contributed by atoms with Crippen LogP contribution in [0, 0.1) is 5.92 Å². The van der Waals surface area contributed by atoms with Gasteiger partial charge >= 0.3 is 0 Å². The quantitative estimate of drug-likeness (QED) is 0.779. The van der Waals surface area contributed by atoms with Gasteiger partial charge in [0.05, 0.1) is 18.3 Å². The second kappa shape index (κ2) is 7.58. The summed E-state index contributed by atoms with van der Waals surface area (Å²) >= 11 is 0. The largest absolute Gasteiger partial charge is 0.352 e. The van der Waals surface area contributed by atoms with Crippen LogP contribution in [0.2, 0.25) is 0 Å². The third kappa shape index (κ3) is 3.96. The van der Waals surface area contributed by atoms with Gasteiger partial charge in [-0.05, 0) is 19.8 Å². The molecule has 0 unspecified atom stereocenters. The highest BCUT2D eigenvalue weighted by Crippen LogP contribution is 2.23. The van der Waals surface area contributed by atoms with Crippen molar-refractivity contribution in [2.75, 3.05) is 13.1 Å². The van der Waals surface area contributed by atoms with Crippen molar-refractivity contribution in [2.24, 2.45) is 13.0 Å². The predicted octanol–water partition coefficient (Wildman–Crippen LogP) is 0.354. The van der Waals surface area contributed by atoms with E-state index in [1.165, 1.54) is 21.4 Å². The lowest BCUT2D eigenvalue weighted by atomic mass is 9.99. The summed E-state index contributed by atoms with van der Waals surface area (Å²) in [6.07, 6.45) is 7.77. The Bertz CT molecular complexity index is 872. The molecule has 1 saturated heterocycles. The number of hydrogen-bond acceptors (Lipinski definition) is 5. The molecule has 1 fully saturated rings. The van der Waals surface area contributed by atoms with E-state index >= 15 is 0 Å². The van der Waals surface area contributed by atoms with Crippen LogP contribution in [0.25, 0.3) is 0 Å². The topological polar surface area (TPSA) is 102 Å². The molecule has 142 valence electrons. The van der Waals surface area contributed by atoms with Gasteiger partial charge in [-0.25, -0.2) is 8.42 Å². The van der Waals surface area contributed by atoms with Gasteiger partial charge in [0.15, 0.2) is 0 Å². The molecule has 1 N–H and O–H groups in total. The van der Waals surface area contributed by atoms with Crippen LogP contribution >= 0.6 is 0 Å².